The van der Waals surface area contributed by atoms with Gasteiger partial charge in [-0.05, 0) is 38.5 Å². The van der Waals surface area contributed by atoms with E-state index < -0.39 is 0 Å². The van der Waals surface area contributed by atoms with Gasteiger partial charge < -0.3 is 0 Å². The molecule has 2 heteroatoms. The van der Waals surface area contributed by atoms with Gasteiger partial charge >= 0.3 is 0 Å². The Morgan fingerprint density at radius 1 is 0.700 bits per heavy atom. The van der Waals surface area contributed by atoms with E-state index in [9.17, 15) is 0 Å². The molecule has 0 saturated carbocycles. The van der Waals surface area contributed by atoms with Crippen molar-refractivity contribution in [3.8, 4) is 0 Å². The molecule has 0 aliphatic carbocycles. The molecule has 0 aliphatic heterocycles. The Hall–Kier alpha value is -1.39. The summed E-state index contributed by atoms with van der Waals surface area (Å²) < 4.78 is 0. The third kappa shape index (κ3) is 4.32. The number of fused-ring (bicyclic) bond motifs is 1. The van der Waals surface area contributed by atoms with Crippen LogP contribution in [0.5, 0.6) is 0 Å². The van der Waals surface area contributed by atoms with E-state index in [4.69, 9.17) is 0 Å². The second-order valence-electron chi connectivity index (χ2n) is 5.99. The van der Waals surface area contributed by atoms with Crippen LogP contribution in [0.4, 0.5) is 0 Å². The Labute approximate surface area is 127 Å². The van der Waals surface area contributed by atoms with Crippen LogP contribution in [0.3, 0.4) is 0 Å². The molecule has 20 heavy (non-hydrogen) atoms. The standard InChI is InChI=1S/C18H24Si2/c1-13(2)11-19-17-7-5-16-10-18(20-12-14(3)4)8-6-15(16)9-17/h5-12H,19-20H2,1-4H3. The highest BCUT2D eigenvalue weighted by Crippen LogP contribution is 2.10. The maximum absolute atomic E-state index is 2.43. The Bertz CT molecular complexity index is 599. The molecule has 104 valence electrons. The van der Waals surface area contributed by atoms with Gasteiger partial charge in [0.1, 0.15) is 0 Å². The van der Waals surface area contributed by atoms with Crippen LogP contribution in [0, 0.1) is 0 Å². The lowest BCUT2D eigenvalue weighted by atomic mass is 10.1. The number of rotatable bonds is 4. The average molecular weight is 297 g/mol. The van der Waals surface area contributed by atoms with Crippen molar-refractivity contribution in [1.29, 1.82) is 0 Å². The second kappa shape index (κ2) is 6.86. The van der Waals surface area contributed by atoms with Crippen LogP contribution in [0.25, 0.3) is 10.8 Å². The highest BCUT2D eigenvalue weighted by Gasteiger charge is 1.98. The molecular formula is C18H24Si2. The molecule has 0 heterocycles. The topological polar surface area (TPSA) is 0 Å². The van der Waals surface area contributed by atoms with Gasteiger partial charge in [0, 0.05) is 0 Å². The SMILES string of the molecule is CC(C)=C[SiH2]c1ccc2cc([SiH2]C=C(C)C)ccc2c1. The molecule has 0 bridgehead atoms. The van der Waals surface area contributed by atoms with Crippen molar-refractivity contribution < 1.29 is 0 Å². The van der Waals surface area contributed by atoms with E-state index in [-0.39, 0.29) is 19.0 Å². The van der Waals surface area contributed by atoms with E-state index in [0.29, 0.717) is 0 Å². The molecule has 2 aromatic carbocycles. The highest BCUT2D eigenvalue weighted by molar-refractivity contribution is 6.59. The molecule has 0 amide bonds. The van der Waals surface area contributed by atoms with Gasteiger partial charge in [0.2, 0.25) is 0 Å². The van der Waals surface area contributed by atoms with Crippen molar-refractivity contribution in [3.05, 3.63) is 58.9 Å². The van der Waals surface area contributed by atoms with Gasteiger partial charge in [0.15, 0.2) is 0 Å². The van der Waals surface area contributed by atoms with E-state index >= 15 is 0 Å². The minimum atomic E-state index is -0.240. The summed E-state index contributed by atoms with van der Waals surface area (Å²) in [6.07, 6.45) is 0. The minimum absolute atomic E-state index is 0.240. The molecule has 2 rings (SSSR count). The molecule has 0 spiro atoms. The van der Waals surface area contributed by atoms with E-state index in [1.807, 2.05) is 0 Å². The van der Waals surface area contributed by atoms with Crippen LogP contribution in [-0.2, 0) is 0 Å². The molecule has 0 fully saturated rings. The lowest BCUT2D eigenvalue weighted by molar-refractivity contribution is 1.41. The number of allylic oxidation sites excluding steroid dienone is 2. The van der Waals surface area contributed by atoms with E-state index in [1.54, 1.807) is 0 Å². The van der Waals surface area contributed by atoms with Gasteiger partial charge in [-0.25, -0.2) is 0 Å². The van der Waals surface area contributed by atoms with Crippen LogP contribution >= 0.6 is 0 Å². The summed E-state index contributed by atoms with van der Waals surface area (Å²) >= 11 is 0. The summed E-state index contributed by atoms with van der Waals surface area (Å²) in [4.78, 5) is 0. The monoisotopic (exact) mass is 296 g/mol. The summed E-state index contributed by atoms with van der Waals surface area (Å²) in [6.45, 7) is 8.75. The Morgan fingerprint density at radius 2 is 1.10 bits per heavy atom. The van der Waals surface area contributed by atoms with Gasteiger partial charge in [0.05, 0.1) is 19.0 Å². The predicted octanol–water partition coefficient (Wildman–Crippen LogP) is 2.28. The lowest BCUT2D eigenvalue weighted by Crippen LogP contribution is -2.14. The maximum Gasteiger partial charge on any atom is 0.0782 e. The molecule has 0 unspecified atom stereocenters. The fourth-order valence-electron chi connectivity index (χ4n) is 2.24. The Balaban J connectivity index is 2.25. The first-order valence-corrected chi connectivity index (χ1v) is 10.4. The number of hydrogen-bond donors (Lipinski definition) is 0. The normalized spacial score (nSPS) is 11.6. The van der Waals surface area contributed by atoms with Crippen molar-refractivity contribution in [2.45, 2.75) is 27.7 Å². The highest BCUT2D eigenvalue weighted by atomic mass is 28.2. The van der Waals surface area contributed by atoms with E-state index in [1.165, 1.54) is 32.3 Å². The molecular weight excluding hydrogens is 272 g/mol. The summed E-state index contributed by atoms with van der Waals surface area (Å²) in [7, 11) is -0.480. The van der Waals surface area contributed by atoms with Crippen molar-refractivity contribution >= 4 is 40.2 Å². The quantitative estimate of drug-likeness (QED) is 0.759. The minimum Gasteiger partial charge on any atom is -0.0975 e. The van der Waals surface area contributed by atoms with Crippen molar-refractivity contribution in [2.24, 2.45) is 0 Å². The first kappa shape index (κ1) is 15.0. The predicted molar refractivity (Wildman–Crippen MR) is 99.2 cm³/mol. The van der Waals surface area contributed by atoms with Crippen LogP contribution in [0.2, 0.25) is 0 Å². The zero-order valence-corrected chi connectivity index (χ0v) is 15.9. The van der Waals surface area contributed by atoms with Crippen molar-refractivity contribution in [1.82, 2.24) is 0 Å². The number of benzene rings is 2. The third-order valence-electron chi connectivity index (χ3n) is 3.46. The molecule has 0 saturated heterocycles. The third-order valence-corrected chi connectivity index (χ3v) is 7.32. The lowest BCUT2D eigenvalue weighted by Gasteiger charge is -2.04. The van der Waals surface area contributed by atoms with Gasteiger partial charge in [-0.15, -0.1) is 0 Å². The van der Waals surface area contributed by atoms with Crippen molar-refractivity contribution in [2.75, 3.05) is 0 Å². The molecule has 0 nitrogen and oxygen atoms in total. The Morgan fingerprint density at radius 3 is 1.45 bits per heavy atom. The second-order valence-corrected chi connectivity index (χ2v) is 9.25. The van der Waals surface area contributed by atoms with Crippen LogP contribution in [0.1, 0.15) is 27.7 Å². The van der Waals surface area contributed by atoms with E-state index in [0.717, 1.165) is 0 Å². The van der Waals surface area contributed by atoms with Crippen LogP contribution < -0.4 is 10.4 Å². The van der Waals surface area contributed by atoms with Crippen LogP contribution in [0.15, 0.2) is 58.9 Å². The van der Waals surface area contributed by atoms with Gasteiger partial charge in [-0.3, -0.25) is 0 Å². The summed E-state index contributed by atoms with van der Waals surface area (Å²) in [5, 5.41) is 5.86. The van der Waals surface area contributed by atoms with Gasteiger partial charge in [-0.2, -0.15) is 0 Å². The summed E-state index contributed by atoms with van der Waals surface area (Å²) in [5.74, 6) is 0. The zero-order valence-electron chi connectivity index (χ0n) is 13.0. The van der Waals surface area contributed by atoms with E-state index in [2.05, 4.69) is 75.5 Å². The average Bonchev–Trinajstić information content (AvgIpc) is 2.42. The first-order valence-electron chi connectivity index (χ1n) is 7.33. The summed E-state index contributed by atoms with van der Waals surface area (Å²) in [6, 6.07) is 14.0. The maximum atomic E-state index is 2.43. The summed E-state index contributed by atoms with van der Waals surface area (Å²) in [5.41, 5.74) is 7.74. The molecule has 0 radical (unpaired) electrons. The zero-order chi connectivity index (χ0) is 14.5. The van der Waals surface area contributed by atoms with Crippen molar-refractivity contribution in [3.63, 3.8) is 0 Å². The molecule has 2 aromatic rings. The fourth-order valence-corrected chi connectivity index (χ4v) is 4.71. The van der Waals surface area contributed by atoms with Crippen LogP contribution in [-0.4, -0.2) is 19.0 Å². The number of hydrogen-bond acceptors (Lipinski definition) is 0. The smallest absolute Gasteiger partial charge is 0.0782 e. The largest absolute Gasteiger partial charge is 0.0975 e. The molecule has 0 atom stereocenters. The fraction of sp³-hybridized carbons (Fsp3) is 0.222. The molecule has 0 aromatic heterocycles. The molecule has 0 aliphatic rings. The first-order chi connectivity index (χ1) is 9.54. The van der Waals surface area contributed by atoms with Gasteiger partial charge in [-0.1, -0.05) is 69.3 Å². The van der Waals surface area contributed by atoms with Gasteiger partial charge in [0.25, 0.3) is 0 Å². The Kier molecular flexibility index (Phi) is 5.15. The molecule has 0 N–H and O–H groups in total.